The van der Waals surface area contributed by atoms with Gasteiger partial charge in [-0.05, 0) is 49.4 Å². The molecule has 1 saturated heterocycles. The van der Waals surface area contributed by atoms with E-state index in [-0.39, 0.29) is 12.2 Å². The Hall–Kier alpha value is -2.44. The number of aliphatic hydroxyl groups is 1. The second kappa shape index (κ2) is 7.29. The third-order valence-corrected chi connectivity index (χ3v) is 5.40. The SMILES string of the molecule is Cc1cc(-c2nc3ccc(CO)cc3n2CC2CCOCC2)cn(C)c1=O. The largest absolute Gasteiger partial charge is 0.392 e. The van der Waals surface area contributed by atoms with E-state index in [1.165, 1.54) is 0 Å². The molecule has 1 aliphatic rings. The van der Waals surface area contributed by atoms with Crippen LogP contribution in [0.3, 0.4) is 0 Å². The summed E-state index contributed by atoms with van der Waals surface area (Å²) in [4.78, 5) is 17.0. The van der Waals surface area contributed by atoms with Crippen molar-refractivity contribution in [3.63, 3.8) is 0 Å². The second-order valence-corrected chi connectivity index (χ2v) is 7.41. The molecule has 0 spiro atoms. The number of rotatable bonds is 4. The summed E-state index contributed by atoms with van der Waals surface area (Å²) in [6, 6.07) is 7.79. The molecule has 0 aliphatic carbocycles. The van der Waals surface area contributed by atoms with Crippen molar-refractivity contribution in [3.05, 3.63) is 51.9 Å². The Balaban J connectivity index is 1.88. The standard InChI is InChI=1S/C21H25N3O3/c1-14-9-17(12-23(2)21(14)26)20-22-18-4-3-16(13-25)10-19(18)24(20)11-15-5-7-27-8-6-15/h3-4,9-10,12,15,25H,5-8,11,13H2,1-2H3. The van der Waals surface area contributed by atoms with Gasteiger partial charge in [0.15, 0.2) is 0 Å². The number of aryl methyl sites for hydroxylation is 2. The number of aromatic nitrogens is 3. The van der Waals surface area contributed by atoms with E-state index in [9.17, 15) is 9.90 Å². The van der Waals surface area contributed by atoms with Crippen LogP contribution in [0, 0.1) is 12.8 Å². The molecule has 0 atom stereocenters. The molecule has 142 valence electrons. The molecule has 27 heavy (non-hydrogen) atoms. The van der Waals surface area contributed by atoms with Gasteiger partial charge >= 0.3 is 0 Å². The zero-order valence-electron chi connectivity index (χ0n) is 15.8. The van der Waals surface area contributed by atoms with Crippen LogP contribution >= 0.6 is 0 Å². The average Bonchev–Trinajstić information content (AvgIpc) is 3.04. The first-order valence-electron chi connectivity index (χ1n) is 9.42. The predicted molar refractivity (Wildman–Crippen MR) is 105 cm³/mol. The van der Waals surface area contributed by atoms with Crippen LogP contribution in [0.25, 0.3) is 22.4 Å². The summed E-state index contributed by atoms with van der Waals surface area (Å²) in [5.41, 5.74) is 4.45. The van der Waals surface area contributed by atoms with Crippen LogP contribution in [0.2, 0.25) is 0 Å². The zero-order valence-corrected chi connectivity index (χ0v) is 15.8. The maximum atomic E-state index is 12.1. The lowest BCUT2D eigenvalue weighted by molar-refractivity contribution is 0.0617. The van der Waals surface area contributed by atoms with Crippen molar-refractivity contribution in [3.8, 4) is 11.4 Å². The number of hydrogen-bond donors (Lipinski definition) is 1. The lowest BCUT2D eigenvalue weighted by Gasteiger charge is -2.23. The van der Waals surface area contributed by atoms with Crippen LogP contribution in [0.4, 0.5) is 0 Å². The van der Waals surface area contributed by atoms with Gasteiger partial charge in [0.2, 0.25) is 0 Å². The molecule has 1 N–H and O–H groups in total. The van der Waals surface area contributed by atoms with Gasteiger partial charge < -0.3 is 19.0 Å². The Bertz CT molecular complexity index is 1000. The highest BCUT2D eigenvalue weighted by atomic mass is 16.5. The number of pyridine rings is 1. The maximum absolute atomic E-state index is 12.1. The Morgan fingerprint density at radius 1 is 1.26 bits per heavy atom. The van der Waals surface area contributed by atoms with Crippen LogP contribution in [-0.2, 0) is 24.9 Å². The topological polar surface area (TPSA) is 69.3 Å². The Kier molecular flexibility index (Phi) is 4.85. The van der Waals surface area contributed by atoms with E-state index in [0.29, 0.717) is 11.5 Å². The first-order valence-corrected chi connectivity index (χ1v) is 9.42. The highest BCUT2D eigenvalue weighted by molar-refractivity contribution is 5.81. The molecule has 3 heterocycles. The van der Waals surface area contributed by atoms with E-state index in [1.54, 1.807) is 11.6 Å². The Morgan fingerprint density at radius 3 is 2.74 bits per heavy atom. The molecule has 0 unspecified atom stereocenters. The van der Waals surface area contributed by atoms with E-state index in [4.69, 9.17) is 9.72 Å². The van der Waals surface area contributed by atoms with E-state index in [2.05, 4.69) is 4.57 Å². The highest BCUT2D eigenvalue weighted by Crippen LogP contribution is 2.29. The van der Waals surface area contributed by atoms with Crippen LogP contribution in [0.15, 0.2) is 35.3 Å². The molecule has 0 saturated carbocycles. The number of imidazole rings is 1. The van der Waals surface area contributed by atoms with Crippen molar-refractivity contribution in [2.24, 2.45) is 13.0 Å². The lowest BCUT2D eigenvalue weighted by Crippen LogP contribution is -2.21. The van der Waals surface area contributed by atoms with Gasteiger partial charge in [-0.15, -0.1) is 0 Å². The molecular formula is C21H25N3O3. The van der Waals surface area contributed by atoms with E-state index in [0.717, 1.165) is 60.6 Å². The summed E-state index contributed by atoms with van der Waals surface area (Å²) in [6.07, 6.45) is 3.92. The minimum Gasteiger partial charge on any atom is -0.392 e. The molecular weight excluding hydrogens is 342 g/mol. The fourth-order valence-electron chi connectivity index (χ4n) is 3.86. The van der Waals surface area contributed by atoms with Crippen molar-refractivity contribution >= 4 is 11.0 Å². The van der Waals surface area contributed by atoms with Gasteiger partial charge in [-0.1, -0.05) is 6.07 Å². The van der Waals surface area contributed by atoms with Crippen molar-refractivity contribution < 1.29 is 9.84 Å². The minimum atomic E-state index is 0.00662. The predicted octanol–water partition coefficient (Wildman–Crippen LogP) is 2.63. The molecule has 1 aliphatic heterocycles. The molecule has 0 amide bonds. The van der Waals surface area contributed by atoms with Gasteiger partial charge in [0, 0.05) is 44.1 Å². The monoisotopic (exact) mass is 367 g/mol. The quantitative estimate of drug-likeness (QED) is 0.770. The normalized spacial score (nSPS) is 15.5. The molecule has 4 rings (SSSR count). The first-order chi connectivity index (χ1) is 13.1. The minimum absolute atomic E-state index is 0.00662. The zero-order chi connectivity index (χ0) is 19.0. The molecule has 0 bridgehead atoms. The third-order valence-electron chi connectivity index (χ3n) is 5.40. The number of hydrogen-bond acceptors (Lipinski definition) is 4. The molecule has 6 nitrogen and oxygen atoms in total. The molecule has 3 aromatic rings. The summed E-state index contributed by atoms with van der Waals surface area (Å²) in [7, 11) is 1.77. The van der Waals surface area contributed by atoms with Gasteiger partial charge in [-0.25, -0.2) is 4.98 Å². The number of benzene rings is 1. The third kappa shape index (κ3) is 3.42. The van der Waals surface area contributed by atoms with Gasteiger partial charge in [-0.2, -0.15) is 0 Å². The van der Waals surface area contributed by atoms with Crippen LogP contribution in [0.1, 0.15) is 24.0 Å². The number of aliphatic hydroxyl groups excluding tert-OH is 1. The summed E-state index contributed by atoms with van der Waals surface area (Å²) in [6.45, 7) is 4.29. The van der Waals surface area contributed by atoms with Crippen LogP contribution in [0.5, 0.6) is 0 Å². The molecule has 1 fully saturated rings. The molecule has 1 aromatic carbocycles. The van der Waals surface area contributed by atoms with Gasteiger partial charge in [-0.3, -0.25) is 4.79 Å². The van der Waals surface area contributed by atoms with Crippen molar-refractivity contribution in [1.29, 1.82) is 0 Å². The first kappa shape index (κ1) is 17.9. The Labute approximate surface area is 158 Å². The van der Waals surface area contributed by atoms with Gasteiger partial charge in [0.1, 0.15) is 5.82 Å². The summed E-state index contributed by atoms with van der Waals surface area (Å²) < 4.78 is 9.36. The lowest BCUT2D eigenvalue weighted by atomic mass is 10.00. The van der Waals surface area contributed by atoms with Crippen LogP contribution < -0.4 is 5.56 Å². The summed E-state index contributed by atoms with van der Waals surface area (Å²) >= 11 is 0. The summed E-state index contributed by atoms with van der Waals surface area (Å²) in [5.74, 6) is 1.39. The van der Waals surface area contributed by atoms with E-state index in [1.807, 2.05) is 37.4 Å². The summed E-state index contributed by atoms with van der Waals surface area (Å²) in [5, 5.41) is 9.55. The molecule has 2 aromatic heterocycles. The van der Waals surface area contributed by atoms with Gasteiger partial charge in [0.05, 0.1) is 17.6 Å². The van der Waals surface area contributed by atoms with Crippen LogP contribution in [-0.4, -0.2) is 32.4 Å². The van der Waals surface area contributed by atoms with Crippen molar-refractivity contribution in [1.82, 2.24) is 14.1 Å². The highest BCUT2D eigenvalue weighted by Gasteiger charge is 2.20. The molecule has 6 heteroatoms. The van der Waals surface area contributed by atoms with Gasteiger partial charge in [0.25, 0.3) is 5.56 Å². The van der Waals surface area contributed by atoms with E-state index >= 15 is 0 Å². The van der Waals surface area contributed by atoms with E-state index < -0.39 is 0 Å². The smallest absolute Gasteiger partial charge is 0.253 e. The molecule has 0 radical (unpaired) electrons. The number of fused-ring (bicyclic) bond motifs is 1. The van der Waals surface area contributed by atoms with Crippen molar-refractivity contribution in [2.75, 3.05) is 13.2 Å². The fraction of sp³-hybridized carbons (Fsp3) is 0.429. The van der Waals surface area contributed by atoms with Crippen molar-refractivity contribution in [2.45, 2.75) is 32.9 Å². The second-order valence-electron chi connectivity index (χ2n) is 7.41. The average molecular weight is 367 g/mol. The number of nitrogens with zero attached hydrogens (tertiary/aromatic N) is 3. The maximum Gasteiger partial charge on any atom is 0.253 e. The number of ether oxygens (including phenoxy) is 1. The fourth-order valence-corrected chi connectivity index (χ4v) is 3.86. The Morgan fingerprint density at radius 2 is 2.04 bits per heavy atom.